The average Bonchev–Trinajstić information content (AvgIpc) is 2.83. The number of rotatable bonds is 11. The summed E-state index contributed by atoms with van der Waals surface area (Å²) >= 11 is 0. The molecule has 180 valence electrons. The molecule has 0 aliphatic heterocycles. The number of hydrogen-bond acceptors (Lipinski definition) is 6. The number of ether oxygens (including phenoxy) is 3. The third kappa shape index (κ3) is 9.40. The molecule has 1 aromatic carbocycles. The monoisotopic (exact) mass is 699 g/mol. The first-order chi connectivity index (χ1) is 16.4. The maximum atomic E-state index is 12.4. The predicted octanol–water partition coefficient (Wildman–Crippen LogP) is 3.06. The van der Waals surface area contributed by atoms with Crippen LogP contribution in [0.25, 0.3) is 5.41 Å². The van der Waals surface area contributed by atoms with Crippen LogP contribution in [0.4, 0.5) is 0 Å². The maximum absolute atomic E-state index is 12.4. The van der Waals surface area contributed by atoms with E-state index >= 15 is 0 Å². The number of hydrogen-bond donors (Lipinski definition) is 0. The molecule has 0 saturated heterocycles. The van der Waals surface area contributed by atoms with Gasteiger partial charge >= 0.3 is 31.1 Å². The van der Waals surface area contributed by atoms with Crippen LogP contribution >= 0.6 is 0 Å². The molecule has 0 aliphatic rings. The molecular weight excluding hydrogens is 672 g/mol. The van der Waals surface area contributed by atoms with Crippen molar-refractivity contribution in [1.29, 1.82) is 0 Å². The summed E-state index contributed by atoms with van der Waals surface area (Å²) in [4.78, 5) is 24.5. The van der Waals surface area contributed by atoms with E-state index in [1.54, 1.807) is 13.3 Å². The number of nitrogens with zero attached hydrogens (tertiary/aromatic N) is 5. The molecule has 0 unspecified atom stereocenters. The minimum absolute atomic E-state index is 0. The SMILES string of the molecule is COCCOc1cccc(Cn2cc(C(=[N-])N=[C-]c3cnc(OCC(C)C)nc3)ccc2=O)c1.[U+2]. The standard InChI is InChI=1S/C25H27N5O4.U/c1-18(2)17-34-25-28-13-20(14-29-25)12-27-24(26)21-7-8-23(31)30(16-21)15-19-5-4-6-22(11-19)33-10-9-32-3;/h4-8,11,13-14,16,18H,9-10,15,17H2,1-3H3;/q-2;+2. The van der Waals surface area contributed by atoms with Crippen LogP contribution in [0, 0.1) is 37.0 Å². The van der Waals surface area contributed by atoms with Gasteiger partial charge in [-0.05, 0) is 36.0 Å². The fourth-order valence-corrected chi connectivity index (χ4v) is 2.83. The molecule has 0 N–H and O–H groups in total. The molecule has 0 atom stereocenters. The van der Waals surface area contributed by atoms with E-state index < -0.39 is 0 Å². The van der Waals surface area contributed by atoms with E-state index in [9.17, 15) is 10.2 Å². The van der Waals surface area contributed by atoms with Crippen LogP contribution in [0.3, 0.4) is 0 Å². The van der Waals surface area contributed by atoms with Crippen LogP contribution < -0.4 is 15.0 Å². The molecule has 2 heterocycles. The van der Waals surface area contributed by atoms with E-state index in [4.69, 9.17) is 14.2 Å². The Balaban J connectivity index is 0.00000432. The zero-order valence-corrected chi connectivity index (χ0v) is 24.1. The number of benzene rings is 1. The minimum Gasteiger partial charge on any atom is -0.536 e. The summed E-state index contributed by atoms with van der Waals surface area (Å²) in [7, 11) is 1.61. The number of pyridine rings is 1. The summed E-state index contributed by atoms with van der Waals surface area (Å²) in [6, 6.07) is 10.6. The van der Waals surface area contributed by atoms with Crippen molar-refractivity contribution in [3.8, 4) is 11.8 Å². The van der Waals surface area contributed by atoms with Gasteiger partial charge in [0.25, 0.3) is 11.6 Å². The minimum atomic E-state index is -0.287. The van der Waals surface area contributed by atoms with Crippen molar-refractivity contribution in [3.63, 3.8) is 0 Å². The first-order valence-corrected chi connectivity index (χ1v) is 10.8. The van der Waals surface area contributed by atoms with Crippen molar-refractivity contribution >= 4 is 12.1 Å². The topological polar surface area (TPSA) is 110 Å². The molecule has 10 heteroatoms. The Morgan fingerprint density at radius 2 is 1.91 bits per heavy atom. The van der Waals surface area contributed by atoms with E-state index in [0.29, 0.717) is 49.2 Å². The quantitative estimate of drug-likeness (QED) is 0.132. The first kappa shape index (κ1) is 28.4. The Morgan fingerprint density at radius 1 is 1.14 bits per heavy atom. The van der Waals surface area contributed by atoms with Crippen molar-refractivity contribution in [1.82, 2.24) is 14.5 Å². The van der Waals surface area contributed by atoms with Crippen molar-refractivity contribution < 1.29 is 45.3 Å². The van der Waals surface area contributed by atoms with Gasteiger partial charge in [-0.25, -0.2) is 0 Å². The summed E-state index contributed by atoms with van der Waals surface area (Å²) in [6.45, 7) is 5.82. The van der Waals surface area contributed by atoms with E-state index in [-0.39, 0.29) is 48.5 Å². The number of amidine groups is 1. The first-order valence-electron chi connectivity index (χ1n) is 10.8. The van der Waals surface area contributed by atoms with Gasteiger partial charge in [0.1, 0.15) is 12.4 Å². The van der Waals surface area contributed by atoms with Crippen LogP contribution in [-0.2, 0) is 11.3 Å². The Morgan fingerprint density at radius 3 is 2.63 bits per heavy atom. The second-order valence-electron chi connectivity index (χ2n) is 7.88. The van der Waals surface area contributed by atoms with Gasteiger partial charge in [0, 0.05) is 19.4 Å². The third-order valence-electron chi connectivity index (χ3n) is 4.51. The van der Waals surface area contributed by atoms with Gasteiger partial charge in [-0.2, -0.15) is 6.21 Å². The normalized spacial score (nSPS) is 10.9. The van der Waals surface area contributed by atoms with Gasteiger partial charge in [-0.1, -0.05) is 37.6 Å². The number of aromatic nitrogens is 3. The van der Waals surface area contributed by atoms with Crippen LogP contribution in [0.1, 0.15) is 30.5 Å². The molecule has 35 heavy (non-hydrogen) atoms. The molecule has 0 aliphatic carbocycles. The third-order valence-corrected chi connectivity index (χ3v) is 4.51. The summed E-state index contributed by atoms with van der Waals surface area (Å²) in [5.41, 5.74) is 1.51. The molecular formula is C25H27N5O4U. The summed E-state index contributed by atoms with van der Waals surface area (Å²) in [6.07, 6.45) is 7.24. The Labute approximate surface area is 228 Å². The Hall–Kier alpha value is -2.80. The number of aliphatic imine (C=N–C) groups is 1. The van der Waals surface area contributed by atoms with Gasteiger partial charge in [0.15, 0.2) is 0 Å². The molecule has 9 nitrogen and oxygen atoms in total. The van der Waals surface area contributed by atoms with Crippen LogP contribution in [0.5, 0.6) is 11.8 Å². The molecule has 0 bridgehead atoms. The molecule has 0 saturated carbocycles. The second-order valence-corrected chi connectivity index (χ2v) is 7.88. The summed E-state index contributed by atoms with van der Waals surface area (Å²) in [5, 5.41) is 10.4. The van der Waals surface area contributed by atoms with E-state index in [2.05, 4.69) is 21.2 Å². The largest absolute Gasteiger partial charge is 2.00 e. The molecule has 0 radical (unpaired) electrons. The zero-order valence-electron chi connectivity index (χ0n) is 20.0. The van der Waals surface area contributed by atoms with Crippen molar-refractivity contribution in [3.05, 3.63) is 87.4 Å². The van der Waals surface area contributed by atoms with Crippen LogP contribution in [0.2, 0.25) is 0 Å². The van der Waals surface area contributed by atoms with E-state index in [1.807, 2.05) is 38.1 Å². The van der Waals surface area contributed by atoms with Crippen LogP contribution in [-0.4, -0.2) is 53.5 Å². The van der Waals surface area contributed by atoms with Gasteiger partial charge < -0.3 is 29.2 Å². The van der Waals surface area contributed by atoms with Gasteiger partial charge in [0.05, 0.1) is 19.8 Å². The van der Waals surface area contributed by atoms with Gasteiger partial charge in [0.2, 0.25) is 0 Å². The molecule has 3 rings (SSSR count). The summed E-state index contributed by atoms with van der Waals surface area (Å²) in [5.74, 6) is 0.769. The molecule has 0 amide bonds. The Kier molecular flexibility index (Phi) is 11.8. The van der Waals surface area contributed by atoms with Crippen molar-refractivity contribution in [2.45, 2.75) is 20.4 Å². The maximum Gasteiger partial charge on any atom is 2.00 e. The van der Waals surface area contributed by atoms with Gasteiger partial charge in [-0.15, -0.1) is 11.4 Å². The molecule has 2 aromatic heterocycles. The van der Waals surface area contributed by atoms with Crippen molar-refractivity contribution in [2.75, 3.05) is 26.9 Å². The Bertz CT molecular complexity index is 1180. The van der Waals surface area contributed by atoms with Crippen molar-refractivity contribution in [2.24, 2.45) is 10.9 Å². The fourth-order valence-electron chi connectivity index (χ4n) is 2.83. The van der Waals surface area contributed by atoms with Gasteiger partial charge in [-0.3, -0.25) is 14.8 Å². The van der Waals surface area contributed by atoms with E-state index in [0.717, 1.165) is 5.56 Å². The fraction of sp³-hybridized carbons (Fsp3) is 0.320. The molecule has 0 fully saturated rings. The molecule has 3 aromatic rings. The average molecular weight is 700 g/mol. The predicted molar refractivity (Wildman–Crippen MR) is 130 cm³/mol. The smallest absolute Gasteiger partial charge is 0.536 e. The summed E-state index contributed by atoms with van der Waals surface area (Å²) < 4.78 is 17.5. The van der Waals surface area contributed by atoms with Crippen LogP contribution in [0.15, 0.2) is 64.8 Å². The second kappa shape index (κ2) is 14.6. The zero-order chi connectivity index (χ0) is 24.3. The molecule has 0 spiro atoms. The number of methoxy groups -OCH3 is 1. The van der Waals surface area contributed by atoms with E-state index in [1.165, 1.54) is 29.1 Å².